The van der Waals surface area contributed by atoms with Crippen LogP contribution in [0.3, 0.4) is 0 Å². The van der Waals surface area contributed by atoms with E-state index in [1.54, 1.807) is 38.1 Å². The highest BCUT2D eigenvalue weighted by molar-refractivity contribution is 5.95. The predicted molar refractivity (Wildman–Crippen MR) is 93.7 cm³/mol. The molecule has 0 aliphatic heterocycles. The number of nitrogens with zero attached hydrogens (tertiary/aromatic N) is 1. The lowest BCUT2D eigenvalue weighted by Gasteiger charge is -2.19. The third-order valence-corrected chi connectivity index (χ3v) is 3.87. The lowest BCUT2D eigenvalue weighted by Crippen LogP contribution is -2.37. The maximum Gasteiger partial charge on any atom is 0.438 e. The third kappa shape index (κ3) is 5.24. The average Bonchev–Trinajstić information content (AvgIpc) is 2.51. The van der Waals surface area contributed by atoms with Crippen LogP contribution in [0.25, 0.3) is 0 Å². The molecule has 0 amide bonds. The first-order valence-corrected chi connectivity index (χ1v) is 8.04. The van der Waals surface area contributed by atoms with E-state index < -0.39 is 23.9 Å². The zero-order valence-corrected chi connectivity index (χ0v) is 14.9. The van der Waals surface area contributed by atoms with E-state index in [9.17, 15) is 26.3 Å². The maximum atomic E-state index is 13.0. The van der Waals surface area contributed by atoms with Crippen LogP contribution in [0, 0.1) is 20.8 Å². The molecule has 1 aromatic rings. The molecule has 146 valence electrons. The van der Waals surface area contributed by atoms with Crippen LogP contribution in [0.1, 0.15) is 23.1 Å². The highest BCUT2D eigenvalue weighted by Gasteiger charge is 2.53. The number of rotatable bonds is 3. The molecule has 0 aromatic heterocycles. The Hall–Kier alpha value is -2.51. The molecule has 2 nitrogen and oxygen atoms in total. The van der Waals surface area contributed by atoms with Crippen LogP contribution in [0.4, 0.5) is 32.0 Å². The number of allylic oxidation sites excluding steroid dienone is 5. The monoisotopic (exact) mass is 388 g/mol. The van der Waals surface area contributed by atoms with Crippen molar-refractivity contribution < 1.29 is 26.3 Å². The molecule has 0 unspecified atom stereocenters. The zero-order valence-electron chi connectivity index (χ0n) is 14.9. The summed E-state index contributed by atoms with van der Waals surface area (Å²) in [4.78, 5) is 2.99. The van der Waals surface area contributed by atoms with Gasteiger partial charge in [-0.05, 0) is 43.9 Å². The topological polar surface area (TPSA) is 24.4 Å². The van der Waals surface area contributed by atoms with Crippen LogP contribution >= 0.6 is 0 Å². The molecule has 27 heavy (non-hydrogen) atoms. The fraction of sp³-hybridized carbons (Fsp3) is 0.316. The Morgan fingerprint density at radius 2 is 1.48 bits per heavy atom. The Bertz CT molecular complexity index is 800. The van der Waals surface area contributed by atoms with Gasteiger partial charge in [0, 0.05) is 5.69 Å². The van der Waals surface area contributed by atoms with Gasteiger partial charge in [0.2, 0.25) is 5.71 Å². The molecule has 0 saturated heterocycles. The predicted octanol–water partition coefficient (Wildman–Crippen LogP) is 6.32. The molecule has 1 N–H and O–H groups in total. The summed E-state index contributed by atoms with van der Waals surface area (Å²) in [6.07, 6.45) is -4.84. The quantitative estimate of drug-likeness (QED) is 0.476. The number of hydrogen-bond acceptors (Lipinski definition) is 2. The molecule has 0 saturated carbocycles. The summed E-state index contributed by atoms with van der Waals surface area (Å²) in [7, 11) is 0. The molecular formula is C19H18F6N2. The van der Waals surface area contributed by atoms with Gasteiger partial charge in [0.05, 0.1) is 0 Å². The Morgan fingerprint density at radius 1 is 0.926 bits per heavy atom. The van der Waals surface area contributed by atoms with Gasteiger partial charge in [0.1, 0.15) is 5.82 Å². The molecule has 0 fully saturated rings. The number of benzene rings is 1. The lowest BCUT2D eigenvalue weighted by atomic mass is 10.0. The second kappa shape index (κ2) is 7.62. The largest absolute Gasteiger partial charge is 0.438 e. The summed E-state index contributed by atoms with van der Waals surface area (Å²) < 4.78 is 77.8. The van der Waals surface area contributed by atoms with Gasteiger partial charge >= 0.3 is 12.4 Å². The van der Waals surface area contributed by atoms with Crippen molar-refractivity contribution in [2.24, 2.45) is 4.99 Å². The summed E-state index contributed by atoms with van der Waals surface area (Å²) >= 11 is 0. The van der Waals surface area contributed by atoms with Gasteiger partial charge in [0.25, 0.3) is 0 Å². The number of hydrogen-bond donors (Lipinski definition) is 1. The average molecular weight is 388 g/mol. The first kappa shape index (κ1) is 20.8. The van der Waals surface area contributed by atoms with E-state index in [1.807, 2.05) is 6.92 Å². The van der Waals surface area contributed by atoms with E-state index in [0.29, 0.717) is 16.8 Å². The van der Waals surface area contributed by atoms with Crippen LogP contribution in [-0.4, -0.2) is 18.1 Å². The smallest absolute Gasteiger partial charge is 0.340 e. The second-order valence-electron chi connectivity index (χ2n) is 6.22. The number of halogens is 6. The van der Waals surface area contributed by atoms with Crippen molar-refractivity contribution in [1.29, 1.82) is 0 Å². The van der Waals surface area contributed by atoms with Crippen molar-refractivity contribution in [1.82, 2.24) is 0 Å². The Kier molecular flexibility index (Phi) is 5.87. The molecule has 1 aromatic carbocycles. The van der Waals surface area contributed by atoms with Crippen molar-refractivity contribution in [3.63, 3.8) is 0 Å². The van der Waals surface area contributed by atoms with Crippen LogP contribution in [0.15, 0.2) is 52.8 Å². The molecule has 8 heteroatoms. The van der Waals surface area contributed by atoms with E-state index in [4.69, 9.17) is 0 Å². The van der Waals surface area contributed by atoms with Crippen LogP contribution in [0.5, 0.6) is 0 Å². The molecular weight excluding hydrogens is 370 g/mol. The number of anilines is 1. The Labute approximate surface area is 153 Å². The first-order chi connectivity index (χ1) is 12.4. The van der Waals surface area contributed by atoms with Gasteiger partial charge in [-0.3, -0.25) is 0 Å². The summed E-state index contributed by atoms with van der Waals surface area (Å²) in [6.45, 7) is 5.29. The van der Waals surface area contributed by atoms with Gasteiger partial charge in [0.15, 0.2) is 0 Å². The highest BCUT2D eigenvalue weighted by Crippen LogP contribution is 2.33. The van der Waals surface area contributed by atoms with Gasteiger partial charge in [-0.1, -0.05) is 42.0 Å². The molecule has 1 aliphatic carbocycles. The van der Waals surface area contributed by atoms with Crippen LogP contribution in [0.2, 0.25) is 0 Å². The standard InChI is InChI=1S/C19H18F6N2/c1-11-9-12(2)15(13(3)10-11)26-16(14-7-5-4-6-8-14)27-17(18(20,21)22)19(23,24)25/h4-7,9-10,26H,8H2,1-3H3/b16-14+. The second-order valence-corrected chi connectivity index (χ2v) is 6.22. The van der Waals surface area contributed by atoms with Crippen molar-refractivity contribution in [2.45, 2.75) is 39.5 Å². The SMILES string of the molecule is Cc1cc(C)c(N/C(N=C(C(F)(F)F)C(F)(F)F)=C2/C=CC=CC2)c(C)c1. The minimum Gasteiger partial charge on any atom is -0.340 e. The Morgan fingerprint density at radius 3 is 1.93 bits per heavy atom. The molecule has 0 bridgehead atoms. The van der Waals surface area contributed by atoms with E-state index in [1.165, 1.54) is 12.2 Å². The number of aliphatic imine (C=N–C) groups is 1. The van der Waals surface area contributed by atoms with Crippen LogP contribution in [-0.2, 0) is 0 Å². The summed E-state index contributed by atoms with van der Waals surface area (Å²) in [5, 5.41) is 2.69. The fourth-order valence-electron chi connectivity index (χ4n) is 2.76. The fourth-order valence-corrected chi connectivity index (χ4v) is 2.76. The Balaban J connectivity index is 2.63. The van der Waals surface area contributed by atoms with Gasteiger partial charge < -0.3 is 5.32 Å². The number of alkyl halides is 6. The summed E-state index contributed by atoms with van der Waals surface area (Å²) in [5.41, 5.74) is 0.171. The number of nitrogens with one attached hydrogen (secondary N) is 1. The molecule has 1 aliphatic rings. The molecule has 0 atom stereocenters. The van der Waals surface area contributed by atoms with Crippen molar-refractivity contribution in [3.8, 4) is 0 Å². The summed E-state index contributed by atoms with van der Waals surface area (Å²) in [5.74, 6) is -0.477. The van der Waals surface area contributed by atoms with Crippen molar-refractivity contribution in [3.05, 3.63) is 64.5 Å². The van der Waals surface area contributed by atoms with Crippen molar-refractivity contribution >= 4 is 11.4 Å². The van der Waals surface area contributed by atoms with Gasteiger partial charge in [-0.15, -0.1) is 0 Å². The minimum absolute atomic E-state index is 0.162. The third-order valence-electron chi connectivity index (χ3n) is 3.87. The molecule has 0 heterocycles. The molecule has 0 radical (unpaired) electrons. The van der Waals surface area contributed by atoms with Gasteiger partial charge in [-0.25, -0.2) is 4.99 Å². The van der Waals surface area contributed by atoms with Crippen molar-refractivity contribution in [2.75, 3.05) is 5.32 Å². The highest BCUT2D eigenvalue weighted by atomic mass is 19.4. The van der Waals surface area contributed by atoms with E-state index >= 15 is 0 Å². The minimum atomic E-state index is -5.63. The van der Waals surface area contributed by atoms with E-state index in [0.717, 1.165) is 5.56 Å². The van der Waals surface area contributed by atoms with Crippen LogP contribution < -0.4 is 5.32 Å². The summed E-state index contributed by atoms with van der Waals surface area (Å²) in [6, 6.07) is 3.57. The maximum absolute atomic E-state index is 13.0. The molecule has 2 rings (SSSR count). The molecule has 0 spiro atoms. The normalized spacial score (nSPS) is 16.3. The van der Waals surface area contributed by atoms with E-state index in [-0.39, 0.29) is 12.0 Å². The van der Waals surface area contributed by atoms with Gasteiger partial charge in [-0.2, -0.15) is 26.3 Å². The van der Waals surface area contributed by atoms with E-state index in [2.05, 4.69) is 10.3 Å². The number of aryl methyl sites for hydroxylation is 3. The lowest BCUT2D eigenvalue weighted by molar-refractivity contribution is -0.117. The zero-order chi connectivity index (χ0) is 20.4. The first-order valence-electron chi connectivity index (χ1n) is 8.04.